The molecule has 0 spiro atoms. The summed E-state index contributed by atoms with van der Waals surface area (Å²) >= 11 is 3.16. The second-order valence-electron chi connectivity index (χ2n) is 6.65. The predicted molar refractivity (Wildman–Crippen MR) is 117 cm³/mol. The number of thioether (sulfide) groups is 1. The number of hydrogen-bond donors (Lipinski definition) is 1. The Labute approximate surface area is 172 Å². The molecule has 1 aromatic heterocycles. The molecule has 0 saturated carbocycles. The standard InChI is InChI=1S/C22H20N2O2S2/c1-15-8-10-16(11-9-15)24-21(26)14-28-22(24)18-6-2-3-7-19(18)23-20(25)13-17-5-4-12-27-17/h2-12,22H,13-14H2,1H3,(H,23,25)/t22-/m1/s1. The van der Waals surface area contributed by atoms with Gasteiger partial charge in [0, 0.05) is 21.8 Å². The van der Waals surface area contributed by atoms with Crippen LogP contribution in [0.2, 0.25) is 0 Å². The van der Waals surface area contributed by atoms with Crippen LogP contribution < -0.4 is 10.2 Å². The van der Waals surface area contributed by atoms with Crippen molar-refractivity contribution >= 4 is 46.3 Å². The maximum absolute atomic E-state index is 12.6. The number of benzene rings is 2. The van der Waals surface area contributed by atoms with Crippen molar-refractivity contribution < 1.29 is 9.59 Å². The summed E-state index contributed by atoms with van der Waals surface area (Å²) in [6, 6.07) is 19.6. The highest BCUT2D eigenvalue weighted by Gasteiger charge is 2.35. The molecule has 3 aromatic rings. The Morgan fingerprint density at radius 1 is 1.11 bits per heavy atom. The molecule has 6 heteroatoms. The lowest BCUT2D eigenvalue weighted by Gasteiger charge is -2.26. The lowest BCUT2D eigenvalue weighted by Crippen LogP contribution is -2.28. The predicted octanol–water partition coefficient (Wildman–Crippen LogP) is 5.02. The monoisotopic (exact) mass is 408 g/mol. The molecule has 2 aromatic carbocycles. The molecule has 2 heterocycles. The van der Waals surface area contributed by atoms with Gasteiger partial charge in [-0.25, -0.2) is 0 Å². The average Bonchev–Trinajstić information content (AvgIpc) is 3.33. The number of para-hydroxylation sites is 1. The number of aryl methyl sites for hydroxylation is 1. The average molecular weight is 409 g/mol. The first-order valence-corrected chi connectivity index (χ1v) is 11.0. The molecule has 2 amide bonds. The summed E-state index contributed by atoms with van der Waals surface area (Å²) in [6.45, 7) is 2.03. The minimum atomic E-state index is -0.159. The van der Waals surface area contributed by atoms with Crippen LogP contribution in [-0.2, 0) is 16.0 Å². The van der Waals surface area contributed by atoms with Gasteiger partial charge < -0.3 is 5.32 Å². The van der Waals surface area contributed by atoms with Crippen molar-refractivity contribution in [1.82, 2.24) is 0 Å². The number of hydrogen-bond acceptors (Lipinski definition) is 4. The van der Waals surface area contributed by atoms with Gasteiger partial charge in [-0.1, -0.05) is 42.0 Å². The number of nitrogens with one attached hydrogen (secondary N) is 1. The fourth-order valence-electron chi connectivity index (χ4n) is 3.23. The fourth-order valence-corrected chi connectivity index (χ4v) is 5.15. The van der Waals surface area contributed by atoms with Gasteiger partial charge in [-0.15, -0.1) is 23.1 Å². The van der Waals surface area contributed by atoms with Gasteiger partial charge in [0.2, 0.25) is 11.8 Å². The number of nitrogens with zero attached hydrogens (tertiary/aromatic N) is 1. The van der Waals surface area contributed by atoms with E-state index in [1.807, 2.05) is 77.9 Å². The highest BCUT2D eigenvalue weighted by Crippen LogP contribution is 2.44. The molecule has 1 atom stereocenters. The van der Waals surface area contributed by atoms with Crippen molar-refractivity contribution in [2.45, 2.75) is 18.7 Å². The minimum absolute atomic E-state index is 0.0499. The first-order chi connectivity index (χ1) is 13.6. The highest BCUT2D eigenvalue weighted by atomic mass is 32.2. The summed E-state index contributed by atoms with van der Waals surface area (Å²) in [5.41, 5.74) is 3.73. The van der Waals surface area contributed by atoms with Gasteiger partial charge in [-0.3, -0.25) is 14.5 Å². The number of amides is 2. The van der Waals surface area contributed by atoms with E-state index in [-0.39, 0.29) is 17.2 Å². The zero-order chi connectivity index (χ0) is 19.5. The molecule has 0 aliphatic carbocycles. The fraction of sp³-hybridized carbons (Fsp3) is 0.182. The molecule has 0 unspecified atom stereocenters. The zero-order valence-corrected chi connectivity index (χ0v) is 17.1. The van der Waals surface area contributed by atoms with Crippen LogP contribution in [0, 0.1) is 6.92 Å². The molecule has 142 valence electrons. The van der Waals surface area contributed by atoms with Crippen LogP contribution in [0.1, 0.15) is 21.4 Å². The van der Waals surface area contributed by atoms with Crippen molar-refractivity contribution in [2.24, 2.45) is 0 Å². The Hall–Kier alpha value is -2.57. The number of anilines is 2. The molecular formula is C22H20N2O2S2. The van der Waals surface area contributed by atoms with E-state index >= 15 is 0 Å². The molecule has 1 N–H and O–H groups in total. The third kappa shape index (κ3) is 3.98. The van der Waals surface area contributed by atoms with E-state index in [0.29, 0.717) is 12.2 Å². The topological polar surface area (TPSA) is 49.4 Å². The molecule has 28 heavy (non-hydrogen) atoms. The Kier molecular flexibility index (Phi) is 5.50. The van der Waals surface area contributed by atoms with Crippen molar-refractivity contribution in [2.75, 3.05) is 16.0 Å². The summed E-state index contributed by atoms with van der Waals surface area (Å²) in [5.74, 6) is 0.459. The van der Waals surface area contributed by atoms with Gasteiger partial charge in [-0.05, 0) is 36.6 Å². The van der Waals surface area contributed by atoms with Crippen molar-refractivity contribution in [3.8, 4) is 0 Å². The van der Waals surface area contributed by atoms with Crippen molar-refractivity contribution in [3.63, 3.8) is 0 Å². The van der Waals surface area contributed by atoms with Gasteiger partial charge in [0.25, 0.3) is 0 Å². The second kappa shape index (κ2) is 8.20. The van der Waals surface area contributed by atoms with Crippen LogP contribution in [0.5, 0.6) is 0 Å². The van der Waals surface area contributed by atoms with Crippen molar-refractivity contribution in [3.05, 3.63) is 82.0 Å². The van der Waals surface area contributed by atoms with E-state index in [0.717, 1.165) is 27.4 Å². The summed E-state index contributed by atoms with van der Waals surface area (Å²) in [4.78, 5) is 28.0. The third-order valence-corrected chi connectivity index (χ3v) is 6.67. The first kappa shape index (κ1) is 18.8. The van der Waals surface area contributed by atoms with E-state index in [2.05, 4.69) is 5.32 Å². The Bertz CT molecular complexity index is 984. The number of rotatable bonds is 5. The number of carbonyl (C=O) groups excluding carboxylic acids is 2. The quantitative estimate of drug-likeness (QED) is 0.645. The van der Waals surface area contributed by atoms with Gasteiger partial charge in [0.1, 0.15) is 5.37 Å². The molecule has 0 radical (unpaired) electrons. The second-order valence-corrected chi connectivity index (χ2v) is 8.75. The Balaban J connectivity index is 1.60. The SMILES string of the molecule is Cc1ccc(N2C(=O)CS[C@@H]2c2ccccc2NC(=O)Cc2cccs2)cc1. The van der Waals surface area contributed by atoms with Crippen LogP contribution in [0.3, 0.4) is 0 Å². The molecule has 1 aliphatic rings. The maximum Gasteiger partial charge on any atom is 0.238 e. The normalized spacial score (nSPS) is 16.4. The van der Waals surface area contributed by atoms with Crippen LogP contribution in [0.4, 0.5) is 11.4 Å². The summed E-state index contributed by atoms with van der Waals surface area (Å²) in [6.07, 6.45) is 0.352. The molecule has 4 rings (SSSR count). The lowest BCUT2D eigenvalue weighted by molar-refractivity contribution is -0.116. The van der Waals surface area contributed by atoms with E-state index in [1.54, 1.807) is 23.1 Å². The third-order valence-electron chi connectivity index (χ3n) is 4.60. The van der Waals surface area contributed by atoms with Gasteiger partial charge >= 0.3 is 0 Å². The molecule has 1 saturated heterocycles. The van der Waals surface area contributed by atoms with E-state index in [9.17, 15) is 9.59 Å². The van der Waals surface area contributed by atoms with Crippen LogP contribution >= 0.6 is 23.1 Å². The Morgan fingerprint density at radius 2 is 1.89 bits per heavy atom. The number of carbonyl (C=O) groups is 2. The van der Waals surface area contributed by atoms with Crippen molar-refractivity contribution in [1.29, 1.82) is 0 Å². The zero-order valence-electron chi connectivity index (χ0n) is 15.4. The van der Waals surface area contributed by atoms with Crippen LogP contribution in [-0.4, -0.2) is 17.6 Å². The van der Waals surface area contributed by atoms with Gasteiger partial charge in [0.15, 0.2) is 0 Å². The highest BCUT2D eigenvalue weighted by molar-refractivity contribution is 8.00. The molecule has 0 bridgehead atoms. The lowest BCUT2D eigenvalue weighted by atomic mass is 10.1. The van der Waals surface area contributed by atoms with Crippen LogP contribution in [0.25, 0.3) is 0 Å². The first-order valence-electron chi connectivity index (χ1n) is 9.03. The smallest absolute Gasteiger partial charge is 0.238 e. The maximum atomic E-state index is 12.6. The Morgan fingerprint density at radius 3 is 2.64 bits per heavy atom. The number of thiophene rings is 1. The summed E-state index contributed by atoms with van der Waals surface area (Å²) in [7, 11) is 0. The van der Waals surface area contributed by atoms with Gasteiger partial charge in [-0.2, -0.15) is 0 Å². The molecule has 1 aliphatic heterocycles. The van der Waals surface area contributed by atoms with E-state index < -0.39 is 0 Å². The minimum Gasteiger partial charge on any atom is -0.325 e. The summed E-state index contributed by atoms with van der Waals surface area (Å²) < 4.78 is 0. The van der Waals surface area contributed by atoms with Crippen LogP contribution in [0.15, 0.2) is 66.0 Å². The van der Waals surface area contributed by atoms with E-state index in [1.165, 1.54) is 0 Å². The largest absolute Gasteiger partial charge is 0.325 e. The van der Waals surface area contributed by atoms with Gasteiger partial charge in [0.05, 0.1) is 12.2 Å². The summed E-state index contributed by atoms with van der Waals surface area (Å²) in [5, 5.41) is 4.85. The molecule has 4 nitrogen and oxygen atoms in total. The van der Waals surface area contributed by atoms with E-state index in [4.69, 9.17) is 0 Å². The molecular weight excluding hydrogens is 388 g/mol. The molecule has 1 fully saturated rings.